The van der Waals surface area contributed by atoms with Crippen LogP contribution in [0.15, 0.2) is 42.2 Å². The summed E-state index contributed by atoms with van der Waals surface area (Å²) in [5, 5.41) is 4.60. The number of alkyl halides is 3. The molecule has 2 saturated heterocycles. The zero-order valence-corrected chi connectivity index (χ0v) is 20.0. The second-order valence-electron chi connectivity index (χ2n) is 9.04. The van der Waals surface area contributed by atoms with Gasteiger partial charge in [0.1, 0.15) is 12.5 Å². The molecule has 5 N–H and O–H groups in total. The van der Waals surface area contributed by atoms with E-state index in [9.17, 15) is 18.0 Å². The lowest BCUT2D eigenvalue weighted by atomic mass is 9.93. The van der Waals surface area contributed by atoms with Crippen molar-refractivity contribution in [3.05, 3.63) is 47.7 Å². The van der Waals surface area contributed by atoms with Crippen LogP contribution in [0.2, 0.25) is 0 Å². The Balaban J connectivity index is 1.35. The number of amides is 1. The third-order valence-electron chi connectivity index (χ3n) is 6.40. The molecular formula is C23H26F3N7O2S. The van der Waals surface area contributed by atoms with Crippen molar-refractivity contribution >= 4 is 38.8 Å². The van der Waals surface area contributed by atoms with Gasteiger partial charge in [-0.2, -0.15) is 13.2 Å². The van der Waals surface area contributed by atoms with Crippen LogP contribution in [0.25, 0.3) is 10.2 Å². The number of anilines is 2. The first-order chi connectivity index (χ1) is 17.2. The molecule has 2 unspecified atom stereocenters. The Morgan fingerprint density at radius 3 is 2.72 bits per heavy atom. The molecule has 5 heterocycles. The van der Waals surface area contributed by atoms with Gasteiger partial charge in [-0.3, -0.25) is 14.8 Å². The van der Waals surface area contributed by atoms with Crippen LogP contribution in [0.4, 0.5) is 24.5 Å². The first-order valence-corrected chi connectivity index (χ1v) is 12.4. The molecule has 2 fully saturated rings. The minimum Gasteiger partial charge on any atom is -0.368 e. The topological polar surface area (TPSA) is 123 Å². The number of thiophene rings is 1. The molecule has 3 aromatic heterocycles. The van der Waals surface area contributed by atoms with Crippen LogP contribution in [-0.4, -0.2) is 66.7 Å². The summed E-state index contributed by atoms with van der Waals surface area (Å²) in [6.45, 7) is 0.605. The third-order valence-corrected chi connectivity index (χ3v) is 7.33. The number of nitrogens with zero attached hydrogens (tertiary/aromatic N) is 4. The summed E-state index contributed by atoms with van der Waals surface area (Å²) in [4.78, 5) is 25.0. The lowest BCUT2D eigenvalue weighted by Gasteiger charge is -2.42. The number of ether oxygens (including phenoxy) is 1. The van der Waals surface area contributed by atoms with Crippen LogP contribution < -0.4 is 26.6 Å². The molecule has 5 rings (SSSR count). The zero-order chi connectivity index (χ0) is 25.4. The van der Waals surface area contributed by atoms with Crippen LogP contribution in [-0.2, 0) is 4.74 Å². The summed E-state index contributed by atoms with van der Waals surface area (Å²) >= 11 is 1.42. The highest BCUT2D eigenvalue weighted by Gasteiger charge is 2.44. The minimum absolute atomic E-state index is 0.108. The number of piperidine rings is 1. The molecule has 192 valence electrons. The number of rotatable bonds is 4. The van der Waals surface area contributed by atoms with Crippen molar-refractivity contribution in [1.29, 1.82) is 0 Å². The number of carbonyl (C=O) groups excluding carboxylic acids is 1. The summed E-state index contributed by atoms with van der Waals surface area (Å²) in [7, 11) is 0. The van der Waals surface area contributed by atoms with Crippen molar-refractivity contribution in [2.24, 2.45) is 17.4 Å². The smallest absolute Gasteiger partial charge is 0.368 e. The quantitative estimate of drug-likeness (QED) is 0.478. The molecule has 0 saturated carbocycles. The fourth-order valence-corrected chi connectivity index (χ4v) is 5.67. The average Bonchev–Trinajstić information content (AvgIpc) is 3.27. The molecule has 0 bridgehead atoms. The van der Waals surface area contributed by atoms with E-state index < -0.39 is 30.6 Å². The van der Waals surface area contributed by atoms with Gasteiger partial charge in [0.25, 0.3) is 5.91 Å². The molecule has 3 aromatic rings. The fourth-order valence-electron chi connectivity index (χ4n) is 4.78. The van der Waals surface area contributed by atoms with E-state index in [0.29, 0.717) is 29.0 Å². The van der Waals surface area contributed by atoms with Crippen LogP contribution in [0, 0.1) is 5.92 Å². The number of hydrogen-bond donors (Lipinski definition) is 3. The Labute approximate surface area is 209 Å². The predicted molar refractivity (Wildman–Crippen MR) is 131 cm³/mol. The van der Waals surface area contributed by atoms with Crippen LogP contribution in [0.5, 0.6) is 0 Å². The van der Waals surface area contributed by atoms with Crippen molar-refractivity contribution in [3.63, 3.8) is 0 Å². The third kappa shape index (κ3) is 5.09. The van der Waals surface area contributed by atoms with Crippen LogP contribution >= 0.6 is 11.3 Å². The average molecular weight is 522 g/mol. The summed E-state index contributed by atoms with van der Waals surface area (Å²) in [6.07, 6.45) is -1.17. The van der Waals surface area contributed by atoms with Gasteiger partial charge >= 0.3 is 6.18 Å². The van der Waals surface area contributed by atoms with E-state index in [2.05, 4.69) is 15.3 Å². The molecule has 0 aromatic carbocycles. The summed E-state index contributed by atoms with van der Waals surface area (Å²) in [6, 6.07) is 4.76. The second-order valence-corrected chi connectivity index (χ2v) is 9.96. The van der Waals surface area contributed by atoms with Gasteiger partial charge in [0.05, 0.1) is 52.4 Å². The lowest BCUT2D eigenvalue weighted by Crippen LogP contribution is -2.57. The Morgan fingerprint density at radius 1 is 1.11 bits per heavy atom. The molecule has 2 aliphatic heterocycles. The molecular weight excluding hydrogens is 495 g/mol. The van der Waals surface area contributed by atoms with Crippen molar-refractivity contribution in [2.45, 2.75) is 31.1 Å². The number of hydrogen-bond acceptors (Lipinski definition) is 9. The fraction of sp³-hybridized carbons (Fsp3) is 0.435. The normalized spacial score (nSPS) is 25.2. The Kier molecular flexibility index (Phi) is 6.72. The standard InChI is InChI=1S/C23H26F3N7O2S/c24-23(25,26)13-6-14(27)9-32(8-13)16-3-5-29-7-17(16)33-10-19(28)35-20(11-33)31-22(34)15-12-36-18-2-1-4-30-21(15)18/h1-5,7,12-14,19-20H,6,8-11,27-28H2,(H,31,34)/t13-,14+,19?,20?/m1/s1. The number of morpholine rings is 1. The maximum absolute atomic E-state index is 13.5. The summed E-state index contributed by atoms with van der Waals surface area (Å²) < 4.78 is 47.2. The monoisotopic (exact) mass is 521 g/mol. The van der Waals surface area contributed by atoms with E-state index in [0.717, 1.165) is 4.70 Å². The molecule has 9 nitrogen and oxygen atoms in total. The maximum Gasteiger partial charge on any atom is 0.393 e. The number of nitrogens with one attached hydrogen (secondary N) is 1. The predicted octanol–water partition coefficient (Wildman–Crippen LogP) is 2.28. The van der Waals surface area contributed by atoms with Gasteiger partial charge in [-0.1, -0.05) is 0 Å². The number of fused-ring (bicyclic) bond motifs is 1. The van der Waals surface area contributed by atoms with Crippen molar-refractivity contribution in [3.8, 4) is 0 Å². The SMILES string of the molecule is NC1CN(c2cnccc2N2C[C@@H](N)C[C@@H](C(F)(F)F)C2)CC(NC(=O)c2csc3cccnc23)O1. The Morgan fingerprint density at radius 2 is 1.92 bits per heavy atom. The first kappa shape index (κ1) is 24.7. The lowest BCUT2D eigenvalue weighted by molar-refractivity contribution is -0.177. The number of pyridine rings is 2. The van der Waals surface area contributed by atoms with Gasteiger partial charge in [-0.05, 0) is 24.6 Å². The van der Waals surface area contributed by atoms with E-state index in [1.165, 1.54) is 17.5 Å². The Hall–Kier alpha value is -3.00. The highest BCUT2D eigenvalue weighted by atomic mass is 32.1. The number of nitrogens with two attached hydrogens (primary N) is 2. The summed E-state index contributed by atoms with van der Waals surface area (Å²) in [5.41, 5.74) is 14.4. The van der Waals surface area contributed by atoms with Gasteiger partial charge in [0.15, 0.2) is 0 Å². The molecule has 4 atom stereocenters. The molecule has 13 heteroatoms. The number of aromatic nitrogens is 2. The van der Waals surface area contributed by atoms with Gasteiger partial charge in [0, 0.05) is 36.9 Å². The number of carbonyl (C=O) groups is 1. The van der Waals surface area contributed by atoms with Gasteiger partial charge in [0.2, 0.25) is 0 Å². The van der Waals surface area contributed by atoms with Crippen molar-refractivity contribution in [2.75, 3.05) is 36.0 Å². The molecule has 0 spiro atoms. The zero-order valence-electron chi connectivity index (χ0n) is 19.2. The Bertz CT molecular complexity index is 1240. The molecule has 1 amide bonds. The van der Waals surface area contributed by atoms with Crippen LogP contribution in [0.1, 0.15) is 16.8 Å². The number of halogens is 3. The van der Waals surface area contributed by atoms with Crippen molar-refractivity contribution in [1.82, 2.24) is 15.3 Å². The minimum atomic E-state index is -4.33. The first-order valence-electron chi connectivity index (χ1n) is 11.5. The van der Waals surface area contributed by atoms with E-state index in [1.54, 1.807) is 34.8 Å². The highest BCUT2D eigenvalue weighted by Crippen LogP contribution is 2.37. The van der Waals surface area contributed by atoms with Crippen molar-refractivity contribution < 1.29 is 22.7 Å². The van der Waals surface area contributed by atoms with E-state index in [4.69, 9.17) is 16.2 Å². The molecule has 0 radical (unpaired) electrons. The van der Waals surface area contributed by atoms with Gasteiger partial charge in [-0.25, -0.2) is 0 Å². The second kappa shape index (κ2) is 9.81. The summed E-state index contributed by atoms with van der Waals surface area (Å²) in [5.74, 6) is -1.87. The van der Waals surface area contributed by atoms with E-state index in [1.807, 2.05) is 11.0 Å². The van der Waals surface area contributed by atoms with E-state index in [-0.39, 0.29) is 32.0 Å². The maximum atomic E-state index is 13.5. The molecule has 36 heavy (non-hydrogen) atoms. The van der Waals surface area contributed by atoms with E-state index >= 15 is 0 Å². The van der Waals surface area contributed by atoms with Gasteiger partial charge in [-0.15, -0.1) is 11.3 Å². The van der Waals surface area contributed by atoms with Crippen LogP contribution in [0.3, 0.4) is 0 Å². The highest BCUT2D eigenvalue weighted by molar-refractivity contribution is 7.17. The molecule has 2 aliphatic rings. The molecule has 0 aliphatic carbocycles. The van der Waals surface area contributed by atoms with Gasteiger partial charge < -0.3 is 31.3 Å². The largest absolute Gasteiger partial charge is 0.393 e.